The van der Waals surface area contributed by atoms with Crippen molar-refractivity contribution >= 4 is 5.91 Å². The third-order valence-corrected chi connectivity index (χ3v) is 4.33. The van der Waals surface area contributed by atoms with Crippen LogP contribution in [0.4, 0.5) is 0 Å². The number of rotatable bonds is 4. The zero-order valence-corrected chi connectivity index (χ0v) is 14.2. The van der Waals surface area contributed by atoms with Gasteiger partial charge in [-0.1, -0.05) is 12.1 Å². The molecule has 25 heavy (non-hydrogen) atoms. The largest absolute Gasteiger partial charge is 0.489 e. The van der Waals surface area contributed by atoms with Gasteiger partial charge in [-0.15, -0.1) is 0 Å². The average molecular weight is 335 g/mol. The minimum atomic E-state index is 0.0577. The van der Waals surface area contributed by atoms with Gasteiger partial charge in [0.15, 0.2) is 0 Å². The fourth-order valence-corrected chi connectivity index (χ4v) is 2.90. The Labute approximate surface area is 147 Å². The number of hydrogen-bond donors (Lipinski definition) is 1. The minimum Gasteiger partial charge on any atom is -0.489 e. The Morgan fingerprint density at radius 1 is 1.32 bits per heavy atom. The third-order valence-electron chi connectivity index (χ3n) is 4.33. The number of hydrogen-bond acceptors (Lipinski definition) is 4. The van der Waals surface area contributed by atoms with Gasteiger partial charge in [-0.3, -0.25) is 4.79 Å². The summed E-state index contributed by atoms with van der Waals surface area (Å²) in [6, 6.07) is 16.9. The highest BCUT2D eigenvalue weighted by molar-refractivity contribution is 5.94. The number of nitrogens with zero attached hydrogens (tertiary/aromatic N) is 2. The van der Waals surface area contributed by atoms with Crippen molar-refractivity contribution in [3.05, 3.63) is 65.2 Å². The number of benzene rings is 2. The average Bonchev–Trinajstić information content (AvgIpc) is 2.67. The van der Waals surface area contributed by atoms with Gasteiger partial charge in [0.25, 0.3) is 5.91 Å². The minimum absolute atomic E-state index is 0.0577. The van der Waals surface area contributed by atoms with E-state index in [-0.39, 0.29) is 11.9 Å². The predicted molar refractivity (Wildman–Crippen MR) is 95.3 cm³/mol. The molecule has 0 bridgehead atoms. The summed E-state index contributed by atoms with van der Waals surface area (Å²) in [7, 11) is 0. The first-order valence-electron chi connectivity index (χ1n) is 8.41. The fourth-order valence-electron chi connectivity index (χ4n) is 2.90. The van der Waals surface area contributed by atoms with E-state index >= 15 is 0 Å². The number of piperazine rings is 1. The van der Waals surface area contributed by atoms with E-state index in [4.69, 9.17) is 10.00 Å². The van der Waals surface area contributed by atoms with E-state index in [0.29, 0.717) is 23.5 Å². The molecule has 1 aliphatic heterocycles. The number of carbonyl (C=O) groups excluding carboxylic acids is 1. The third kappa shape index (κ3) is 4.17. The van der Waals surface area contributed by atoms with Gasteiger partial charge in [-0.05, 0) is 48.9 Å². The summed E-state index contributed by atoms with van der Waals surface area (Å²) in [5.74, 6) is 0.759. The molecule has 1 N–H and O–H groups in total. The molecule has 5 heteroatoms. The van der Waals surface area contributed by atoms with E-state index in [1.807, 2.05) is 35.2 Å². The van der Waals surface area contributed by atoms with Crippen molar-refractivity contribution in [3.63, 3.8) is 0 Å². The molecule has 1 aliphatic rings. The van der Waals surface area contributed by atoms with E-state index in [9.17, 15) is 4.79 Å². The number of amides is 1. The summed E-state index contributed by atoms with van der Waals surface area (Å²) < 4.78 is 5.75. The molecule has 0 aliphatic carbocycles. The Morgan fingerprint density at radius 3 is 2.84 bits per heavy atom. The first kappa shape index (κ1) is 17.0. The highest BCUT2D eigenvalue weighted by Crippen LogP contribution is 2.17. The van der Waals surface area contributed by atoms with Crippen LogP contribution in [0.3, 0.4) is 0 Å². The van der Waals surface area contributed by atoms with E-state index in [2.05, 4.69) is 18.3 Å². The van der Waals surface area contributed by atoms with Gasteiger partial charge < -0.3 is 15.0 Å². The zero-order chi connectivity index (χ0) is 17.6. The molecule has 128 valence electrons. The Morgan fingerprint density at radius 2 is 2.12 bits per heavy atom. The van der Waals surface area contributed by atoms with Crippen molar-refractivity contribution < 1.29 is 9.53 Å². The smallest absolute Gasteiger partial charge is 0.254 e. The van der Waals surface area contributed by atoms with E-state index in [0.717, 1.165) is 25.2 Å². The van der Waals surface area contributed by atoms with Crippen molar-refractivity contribution in [1.29, 1.82) is 5.26 Å². The molecule has 2 aromatic rings. The number of carbonyl (C=O) groups is 1. The molecular weight excluding hydrogens is 314 g/mol. The summed E-state index contributed by atoms with van der Waals surface area (Å²) >= 11 is 0. The van der Waals surface area contributed by atoms with Gasteiger partial charge in [0.1, 0.15) is 12.4 Å². The molecule has 1 fully saturated rings. The van der Waals surface area contributed by atoms with Crippen molar-refractivity contribution in [2.45, 2.75) is 19.6 Å². The number of nitrogens with one attached hydrogen (secondary N) is 1. The Hall–Kier alpha value is -2.84. The SMILES string of the molecule is CC1CNCCN1C(=O)c1ccc(OCc2cccc(C#N)c2)cc1. The van der Waals surface area contributed by atoms with Crippen molar-refractivity contribution in [2.24, 2.45) is 0 Å². The van der Waals surface area contributed by atoms with Crippen molar-refractivity contribution in [3.8, 4) is 11.8 Å². The topological polar surface area (TPSA) is 65.4 Å². The van der Waals surface area contributed by atoms with Crippen LogP contribution >= 0.6 is 0 Å². The molecule has 0 radical (unpaired) electrons. The standard InChI is InChI=1S/C20H21N3O2/c1-15-13-22-9-10-23(15)20(24)18-5-7-19(8-6-18)25-14-17-4-2-3-16(11-17)12-21/h2-8,11,15,22H,9-10,13-14H2,1H3. The summed E-state index contributed by atoms with van der Waals surface area (Å²) in [6.07, 6.45) is 0. The second kappa shape index (κ2) is 7.82. The van der Waals surface area contributed by atoms with Crippen LogP contribution in [0.2, 0.25) is 0 Å². The van der Waals surface area contributed by atoms with Gasteiger partial charge in [-0.2, -0.15) is 5.26 Å². The van der Waals surface area contributed by atoms with Crippen LogP contribution < -0.4 is 10.1 Å². The summed E-state index contributed by atoms with van der Waals surface area (Å²) in [5.41, 5.74) is 2.23. The normalized spacial score (nSPS) is 17.0. The lowest BCUT2D eigenvalue weighted by Gasteiger charge is -2.34. The highest BCUT2D eigenvalue weighted by Gasteiger charge is 2.23. The number of nitriles is 1. The fraction of sp³-hybridized carbons (Fsp3) is 0.300. The molecule has 1 unspecified atom stereocenters. The molecule has 1 heterocycles. The van der Waals surface area contributed by atoms with Crippen LogP contribution in [0, 0.1) is 11.3 Å². The predicted octanol–water partition coefficient (Wildman–Crippen LogP) is 2.57. The molecule has 1 atom stereocenters. The lowest BCUT2D eigenvalue weighted by Crippen LogP contribution is -2.52. The maximum atomic E-state index is 12.6. The van der Waals surface area contributed by atoms with Crippen LogP contribution in [0.5, 0.6) is 5.75 Å². The van der Waals surface area contributed by atoms with Gasteiger partial charge in [-0.25, -0.2) is 0 Å². The van der Waals surface area contributed by atoms with Crippen LogP contribution in [-0.4, -0.2) is 36.5 Å². The molecule has 1 amide bonds. The van der Waals surface area contributed by atoms with Crippen molar-refractivity contribution in [2.75, 3.05) is 19.6 Å². The zero-order valence-electron chi connectivity index (χ0n) is 14.2. The first-order valence-corrected chi connectivity index (χ1v) is 8.41. The lowest BCUT2D eigenvalue weighted by atomic mass is 10.1. The van der Waals surface area contributed by atoms with Crippen LogP contribution in [0.15, 0.2) is 48.5 Å². The second-order valence-electron chi connectivity index (χ2n) is 6.18. The molecule has 0 spiro atoms. The summed E-state index contributed by atoms with van der Waals surface area (Å²) in [5, 5.41) is 12.2. The van der Waals surface area contributed by atoms with Gasteiger partial charge in [0, 0.05) is 31.2 Å². The van der Waals surface area contributed by atoms with Crippen LogP contribution in [0.25, 0.3) is 0 Å². The van der Waals surface area contributed by atoms with Crippen molar-refractivity contribution in [1.82, 2.24) is 10.2 Å². The molecule has 3 rings (SSSR count). The highest BCUT2D eigenvalue weighted by atomic mass is 16.5. The van der Waals surface area contributed by atoms with Crippen LogP contribution in [-0.2, 0) is 6.61 Å². The summed E-state index contributed by atoms with van der Waals surface area (Å²) in [4.78, 5) is 14.5. The maximum absolute atomic E-state index is 12.6. The summed E-state index contributed by atoms with van der Waals surface area (Å²) in [6.45, 7) is 4.83. The van der Waals surface area contributed by atoms with Gasteiger partial charge in [0.05, 0.1) is 11.6 Å². The van der Waals surface area contributed by atoms with Crippen LogP contribution in [0.1, 0.15) is 28.4 Å². The quantitative estimate of drug-likeness (QED) is 0.933. The molecule has 0 aromatic heterocycles. The molecule has 0 saturated carbocycles. The van der Waals surface area contributed by atoms with E-state index in [1.165, 1.54) is 0 Å². The Bertz CT molecular complexity index is 780. The number of ether oxygens (including phenoxy) is 1. The lowest BCUT2D eigenvalue weighted by molar-refractivity contribution is 0.0655. The Kier molecular flexibility index (Phi) is 5.32. The molecule has 2 aromatic carbocycles. The van der Waals surface area contributed by atoms with Gasteiger partial charge >= 0.3 is 0 Å². The molecule has 1 saturated heterocycles. The molecule has 5 nitrogen and oxygen atoms in total. The monoisotopic (exact) mass is 335 g/mol. The first-order chi connectivity index (χ1) is 12.2. The maximum Gasteiger partial charge on any atom is 0.254 e. The van der Waals surface area contributed by atoms with Gasteiger partial charge in [0.2, 0.25) is 0 Å². The van der Waals surface area contributed by atoms with E-state index in [1.54, 1.807) is 18.2 Å². The van der Waals surface area contributed by atoms with E-state index < -0.39 is 0 Å². The second-order valence-corrected chi connectivity index (χ2v) is 6.18. The Balaban J connectivity index is 1.62. The molecular formula is C20H21N3O2.